The third kappa shape index (κ3) is 2.48. The highest BCUT2D eigenvalue weighted by Crippen LogP contribution is 2.23. The van der Waals surface area contributed by atoms with Gasteiger partial charge in [-0.3, -0.25) is 4.68 Å². The van der Waals surface area contributed by atoms with Crippen LogP contribution in [0.2, 0.25) is 0 Å². The molecule has 0 aliphatic rings. The van der Waals surface area contributed by atoms with E-state index < -0.39 is 5.97 Å². The van der Waals surface area contributed by atoms with Crippen LogP contribution in [0.1, 0.15) is 30.2 Å². The summed E-state index contributed by atoms with van der Waals surface area (Å²) < 4.78 is 7.15. The molecule has 0 aromatic carbocycles. The molecule has 0 atom stereocenters. The molecule has 0 aliphatic carbocycles. The number of carboxylic acids is 1. The lowest BCUT2D eigenvalue weighted by Crippen LogP contribution is -2.01. The van der Waals surface area contributed by atoms with Gasteiger partial charge < -0.3 is 9.84 Å². The Morgan fingerprint density at radius 3 is 2.89 bits per heavy atom. The third-order valence-electron chi connectivity index (χ3n) is 2.32. The molecule has 6 heteroatoms. The van der Waals surface area contributed by atoms with Crippen molar-refractivity contribution in [3.63, 3.8) is 0 Å². The quantitative estimate of drug-likeness (QED) is 0.897. The summed E-state index contributed by atoms with van der Waals surface area (Å²) in [7, 11) is 0. The lowest BCUT2D eigenvalue weighted by molar-refractivity contribution is 0.0693. The van der Waals surface area contributed by atoms with Crippen LogP contribution in [0.25, 0.3) is 0 Å². The summed E-state index contributed by atoms with van der Waals surface area (Å²) in [4.78, 5) is 14.9. The van der Waals surface area contributed by atoms with Crippen molar-refractivity contribution in [2.45, 2.75) is 19.9 Å². The second-order valence-electron chi connectivity index (χ2n) is 4.01. The highest BCUT2D eigenvalue weighted by molar-refractivity contribution is 5.90. The fourth-order valence-electron chi connectivity index (χ4n) is 1.40. The van der Waals surface area contributed by atoms with E-state index in [4.69, 9.17) is 9.84 Å². The minimum atomic E-state index is -1.07. The Hall–Kier alpha value is -2.37. The van der Waals surface area contributed by atoms with Gasteiger partial charge in [0.1, 0.15) is 5.56 Å². The summed E-state index contributed by atoms with van der Waals surface area (Å²) in [6.07, 6.45) is 4.71. The number of aromatic nitrogens is 3. The SMILES string of the molecule is CC(C)n1cc(Oc2ncccc2C(=O)O)cn1. The zero-order valence-corrected chi connectivity index (χ0v) is 10.1. The van der Waals surface area contributed by atoms with Crippen LogP contribution >= 0.6 is 0 Å². The highest BCUT2D eigenvalue weighted by Gasteiger charge is 2.13. The van der Waals surface area contributed by atoms with Crippen molar-refractivity contribution < 1.29 is 14.6 Å². The van der Waals surface area contributed by atoms with Crippen LogP contribution in [0.15, 0.2) is 30.7 Å². The van der Waals surface area contributed by atoms with Gasteiger partial charge in [-0.2, -0.15) is 5.10 Å². The Morgan fingerprint density at radius 2 is 2.28 bits per heavy atom. The van der Waals surface area contributed by atoms with Crippen molar-refractivity contribution in [2.75, 3.05) is 0 Å². The van der Waals surface area contributed by atoms with Crippen molar-refractivity contribution in [3.05, 3.63) is 36.3 Å². The maximum Gasteiger partial charge on any atom is 0.341 e. The van der Waals surface area contributed by atoms with Crippen molar-refractivity contribution in [1.29, 1.82) is 0 Å². The summed E-state index contributed by atoms with van der Waals surface area (Å²) in [5.41, 5.74) is 0.0230. The number of nitrogens with zero attached hydrogens (tertiary/aromatic N) is 3. The first-order chi connectivity index (χ1) is 8.58. The normalized spacial score (nSPS) is 10.6. The summed E-state index contributed by atoms with van der Waals surface area (Å²) in [5, 5.41) is 13.1. The fourth-order valence-corrected chi connectivity index (χ4v) is 1.40. The van der Waals surface area contributed by atoms with Gasteiger partial charge in [-0.1, -0.05) is 0 Å². The van der Waals surface area contributed by atoms with Crippen molar-refractivity contribution in [2.24, 2.45) is 0 Å². The summed E-state index contributed by atoms with van der Waals surface area (Å²) in [6, 6.07) is 3.20. The number of carboxylic acid groups (broad SMARTS) is 1. The van der Waals surface area contributed by atoms with Crippen LogP contribution in [0.3, 0.4) is 0 Å². The van der Waals surface area contributed by atoms with Gasteiger partial charge in [-0.25, -0.2) is 9.78 Å². The van der Waals surface area contributed by atoms with E-state index in [-0.39, 0.29) is 17.5 Å². The number of hydrogen-bond donors (Lipinski definition) is 1. The zero-order chi connectivity index (χ0) is 13.1. The number of hydrogen-bond acceptors (Lipinski definition) is 4. The maximum atomic E-state index is 11.0. The van der Waals surface area contributed by atoms with Crippen LogP contribution in [-0.4, -0.2) is 25.8 Å². The minimum Gasteiger partial charge on any atom is -0.477 e. The summed E-state index contributed by atoms with van der Waals surface area (Å²) in [5.74, 6) is -0.549. The second kappa shape index (κ2) is 4.87. The molecule has 2 rings (SSSR count). The third-order valence-corrected chi connectivity index (χ3v) is 2.32. The molecule has 0 fully saturated rings. The molecule has 6 nitrogen and oxygen atoms in total. The topological polar surface area (TPSA) is 77.2 Å². The van der Waals surface area contributed by atoms with Gasteiger partial charge >= 0.3 is 5.97 Å². The molecule has 0 radical (unpaired) electrons. The average Bonchev–Trinajstić information content (AvgIpc) is 2.78. The lowest BCUT2D eigenvalue weighted by Gasteiger charge is -2.05. The molecule has 0 saturated heterocycles. The van der Waals surface area contributed by atoms with E-state index in [1.54, 1.807) is 16.9 Å². The van der Waals surface area contributed by atoms with E-state index in [0.717, 1.165) is 0 Å². The molecule has 94 valence electrons. The van der Waals surface area contributed by atoms with Crippen LogP contribution < -0.4 is 4.74 Å². The van der Waals surface area contributed by atoms with E-state index in [1.165, 1.54) is 18.5 Å². The van der Waals surface area contributed by atoms with Crippen LogP contribution in [0.5, 0.6) is 11.6 Å². The average molecular weight is 247 g/mol. The number of carbonyl (C=O) groups is 1. The molecule has 2 aromatic rings. The van der Waals surface area contributed by atoms with Crippen molar-refractivity contribution >= 4 is 5.97 Å². The zero-order valence-electron chi connectivity index (χ0n) is 10.1. The molecular formula is C12H13N3O3. The molecule has 0 saturated carbocycles. The molecule has 0 bridgehead atoms. The summed E-state index contributed by atoms with van der Waals surface area (Å²) >= 11 is 0. The largest absolute Gasteiger partial charge is 0.477 e. The fraction of sp³-hybridized carbons (Fsp3) is 0.250. The Kier molecular flexibility index (Phi) is 3.27. The number of ether oxygens (including phenoxy) is 1. The first kappa shape index (κ1) is 12.1. The van der Waals surface area contributed by atoms with E-state index in [2.05, 4.69) is 10.1 Å². The second-order valence-corrected chi connectivity index (χ2v) is 4.01. The molecule has 18 heavy (non-hydrogen) atoms. The predicted octanol–water partition coefficient (Wildman–Crippen LogP) is 2.35. The van der Waals surface area contributed by atoms with Gasteiger partial charge in [0, 0.05) is 12.2 Å². The van der Waals surface area contributed by atoms with E-state index in [0.29, 0.717) is 5.75 Å². The first-order valence-electron chi connectivity index (χ1n) is 5.48. The van der Waals surface area contributed by atoms with E-state index in [1.807, 2.05) is 13.8 Å². The monoisotopic (exact) mass is 247 g/mol. The number of aromatic carboxylic acids is 1. The van der Waals surface area contributed by atoms with Crippen molar-refractivity contribution in [3.8, 4) is 11.6 Å². The predicted molar refractivity (Wildman–Crippen MR) is 63.9 cm³/mol. The molecule has 0 unspecified atom stereocenters. The van der Waals surface area contributed by atoms with Crippen LogP contribution in [-0.2, 0) is 0 Å². The van der Waals surface area contributed by atoms with Crippen molar-refractivity contribution in [1.82, 2.24) is 14.8 Å². The maximum absolute atomic E-state index is 11.0. The summed E-state index contributed by atoms with van der Waals surface area (Å²) in [6.45, 7) is 3.97. The van der Waals surface area contributed by atoms with Gasteiger partial charge in [0.2, 0.25) is 5.88 Å². The molecule has 0 aliphatic heterocycles. The van der Waals surface area contributed by atoms with Gasteiger partial charge in [-0.15, -0.1) is 0 Å². The Balaban J connectivity index is 2.25. The minimum absolute atomic E-state index is 0.0230. The van der Waals surface area contributed by atoms with Gasteiger partial charge in [-0.05, 0) is 26.0 Å². The van der Waals surface area contributed by atoms with Gasteiger partial charge in [0.05, 0.1) is 12.4 Å². The standard InChI is InChI=1S/C12H13N3O3/c1-8(2)15-7-9(6-14-15)18-11-10(12(16)17)4-3-5-13-11/h3-8H,1-2H3,(H,16,17). The lowest BCUT2D eigenvalue weighted by atomic mass is 10.3. The highest BCUT2D eigenvalue weighted by atomic mass is 16.5. The molecule has 2 heterocycles. The van der Waals surface area contributed by atoms with E-state index >= 15 is 0 Å². The number of pyridine rings is 1. The smallest absolute Gasteiger partial charge is 0.341 e. The molecule has 2 aromatic heterocycles. The Labute approximate surface area is 104 Å². The molecule has 1 N–H and O–H groups in total. The molecule has 0 spiro atoms. The molecule has 0 amide bonds. The molecular weight excluding hydrogens is 234 g/mol. The Bertz CT molecular complexity index is 563. The Morgan fingerprint density at radius 1 is 1.50 bits per heavy atom. The van der Waals surface area contributed by atoms with Crippen LogP contribution in [0, 0.1) is 0 Å². The van der Waals surface area contributed by atoms with Gasteiger partial charge in [0.15, 0.2) is 5.75 Å². The number of rotatable bonds is 4. The van der Waals surface area contributed by atoms with E-state index in [9.17, 15) is 4.79 Å². The van der Waals surface area contributed by atoms with Crippen LogP contribution in [0.4, 0.5) is 0 Å². The van der Waals surface area contributed by atoms with Gasteiger partial charge in [0.25, 0.3) is 0 Å². The first-order valence-corrected chi connectivity index (χ1v) is 5.48.